The largest absolute Gasteiger partial charge is 0.495 e. The maximum Gasteiger partial charge on any atom is 0.244 e. The van der Waals surface area contributed by atoms with E-state index >= 15 is 0 Å². The molecule has 0 saturated carbocycles. The minimum Gasteiger partial charge on any atom is -0.495 e. The fraction of sp³-hybridized carbons (Fsp3) is 0.333. The van der Waals surface area contributed by atoms with Gasteiger partial charge in [-0.3, -0.25) is 0 Å². The van der Waals surface area contributed by atoms with E-state index in [0.29, 0.717) is 10.2 Å². The van der Waals surface area contributed by atoms with Crippen LogP contribution < -0.4 is 14.2 Å². The van der Waals surface area contributed by atoms with Gasteiger partial charge in [-0.25, -0.2) is 13.1 Å². The molecule has 1 unspecified atom stereocenters. The van der Waals surface area contributed by atoms with Crippen molar-refractivity contribution in [2.24, 2.45) is 0 Å². The number of rotatable bonds is 7. The van der Waals surface area contributed by atoms with Gasteiger partial charge in [-0.2, -0.15) is 0 Å². The molecule has 5 nitrogen and oxygen atoms in total. The van der Waals surface area contributed by atoms with E-state index in [1.165, 1.54) is 18.7 Å². The highest BCUT2D eigenvalue weighted by molar-refractivity contribution is 9.10. The Balaban J connectivity index is 2.07. The van der Waals surface area contributed by atoms with E-state index in [9.17, 15) is 8.42 Å². The average molecular weight is 428 g/mol. The van der Waals surface area contributed by atoms with Gasteiger partial charge < -0.3 is 9.47 Å². The normalized spacial score (nSPS) is 12.7. The lowest BCUT2D eigenvalue weighted by atomic mass is 10.1. The maximum absolute atomic E-state index is 12.6. The van der Waals surface area contributed by atoms with Gasteiger partial charge in [0.1, 0.15) is 23.0 Å². The van der Waals surface area contributed by atoms with Gasteiger partial charge in [0.15, 0.2) is 0 Å². The summed E-state index contributed by atoms with van der Waals surface area (Å²) in [7, 11) is -2.29. The molecule has 2 rings (SSSR count). The lowest BCUT2D eigenvalue weighted by Gasteiger charge is -2.17. The minimum absolute atomic E-state index is 0.0856. The molecule has 1 N–H and O–H groups in total. The monoisotopic (exact) mass is 427 g/mol. The molecule has 0 saturated heterocycles. The summed E-state index contributed by atoms with van der Waals surface area (Å²) in [6, 6.07) is 10.2. The molecule has 0 radical (unpaired) electrons. The van der Waals surface area contributed by atoms with Crippen molar-refractivity contribution in [3.63, 3.8) is 0 Å². The molecule has 25 heavy (non-hydrogen) atoms. The lowest BCUT2D eigenvalue weighted by Crippen LogP contribution is -2.36. The third kappa shape index (κ3) is 5.20. The summed E-state index contributed by atoms with van der Waals surface area (Å²) in [6.07, 6.45) is 0. The highest BCUT2D eigenvalue weighted by Gasteiger charge is 2.22. The number of benzene rings is 2. The van der Waals surface area contributed by atoms with Crippen molar-refractivity contribution in [3.05, 3.63) is 52.0 Å². The van der Waals surface area contributed by atoms with Gasteiger partial charge in [0.25, 0.3) is 0 Å². The molecule has 0 fully saturated rings. The number of halogens is 1. The van der Waals surface area contributed by atoms with Crippen LogP contribution in [0, 0.1) is 13.8 Å². The van der Waals surface area contributed by atoms with Gasteiger partial charge in [-0.1, -0.05) is 22.0 Å². The van der Waals surface area contributed by atoms with Crippen molar-refractivity contribution < 1.29 is 17.9 Å². The van der Waals surface area contributed by atoms with Gasteiger partial charge in [0, 0.05) is 4.47 Å². The number of methoxy groups -OCH3 is 1. The zero-order valence-corrected chi connectivity index (χ0v) is 17.1. The van der Waals surface area contributed by atoms with Crippen LogP contribution in [0.2, 0.25) is 0 Å². The molecule has 0 aliphatic carbocycles. The van der Waals surface area contributed by atoms with Crippen LogP contribution in [0.1, 0.15) is 18.1 Å². The van der Waals surface area contributed by atoms with Crippen LogP contribution >= 0.6 is 15.9 Å². The van der Waals surface area contributed by atoms with Crippen molar-refractivity contribution in [1.82, 2.24) is 4.72 Å². The first kappa shape index (κ1) is 19.8. The number of nitrogens with one attached hydrogen (secondary N) is 1. The van der Waals surface area contributed by atoms with E-state index in [1.54, 1.807) is 19.1 Å². The summed E-state index contributed by atoms with van der Waals surface area (Å²) in [5, 5.41) is 0. The van der Waals surface area contributed by atoms with Crippen molar-refractivity contribution in [2.45, 2.75) is 31.7 Å². The van der Waals surface area contributed by atoms with E-state index in [-0.39, 0.29) is 17.3 Å². The summed E-state index contributed by atoms with van der Waals surface area (Å²) in [5.74, 6) is 1.01. The molecule has 0 aromatic heterocycles. The third-order valence-electron chi connectivity index (χ3n) is 3.75. The molecule has 2 aromatic carbocycles. The molecule has 0 amide bonds. The van der Waals surface area contributed by atoms with E-state index in [1.807, 2.05) is 32.0 Å². The highest BCUT2D eigenvalue weighted by Crippen LogP contribution is 2.27. The summed E-state index contributed by atoms with van der Waals surface area (Å²) in [5.41, 5.74) is 2.31. The molecule has 2 aromatic rings. The summed E-state index contributed by atoms with van der Waals surface area (Å²) >= 11 is 3.29. The Morgan fingerprint density at radius 1 is 1.12 bits per heavy atom. The molecule has 1 atom stereocenters. The summed E-state index contributed by atoms with van der Waals surface area (Å²) in [4.78, 5) is 0.0856. The fourth-order valence-corrected chi connectivity index (χ4v) is 4.18. The third-order valence-corrected chi connectivity index (χ3v) is 5.85. The number of aryl methyl sites for hydroxylation is 2. The van der Waals surface area contributed by atoms with Crippen molar-refractivity contribution in [2.75, 3.05) is 13.7 Å². The van der Waals surface area contributed by atoms with Crippen molar-refractivity contribution in [3.8, 4) is 11.5 Å². The van der Waals surface area contributed by atoms with Gasteiger partial charge in [-0.15, -0.1) is 0 Å². The minimum atomic E-state index is -3.73. The van der Waals surface area contributed by atoms with Crippen molar-refractivity contribution in [1.29, 1.82) is 0 Å². The molecular formula is C18H22BrNO4S. The van der Waals surface area contributed by atoms with Crippen LogP contribution in [0.15, 0.2) is 45.8 Å². The summed E-state index contributed by atoms with van der Waals surface area (Å²) in [6.45, 7) is 6.01. The Hall–Kier alpha value is -1.57. The highest BCUT2D eigenvalue weighted by atomic mass is 79.9. The summed E-state index contributed by atoms with van der Waals surface area (Å²) < 4.78 is 39.4. The predicted octanol–water partition coefficient (Wildman–Crippen LogP) is 3.82. The molecule has 0 aliphatic rings. The first-order valence-electron chi connectivity index (χ1n) is 7.79. The zero-order valence-electron chi connectivity index (χ0n) is 14.7. The zero-order chi connectivity index (χ0) is 18.6. The Bertz CT molecular complexity index is 852. The Morgan fingerprint density at radius 3 is 2.48 bits per heavy atom. The van der Waals surface area contributed by atoms with Gasteiger partial charge in [-0.05, 0) is 62.2 Å². The maximum atomic E-state index is 12.6. The lowest BCUT2D eigenvalue weighted by molar-refractivity contribution is 0.287. The molecule has 0 bridgehead atoms. The van der Waals surface area contributed by atoms with Crippen LogP contribution in [0.25, 0.3) is 0 Å². The Morgan fingerprint density at radius 2 is 1.84 bits per heavy atom. The van der Waals surface area contributed by atoms with Crippen LogP contribution in [-0.2, 0) is 10.0 Å². The number of hydrogen-bond donors (Lipinski definition) is 1. The van der Waals surface area contributed by atoms with E-state index in [0.717, 1.165) is 5.56 Å². The molecule has 0 spiro atoms. The topological polar surface area (TPSA) is 64.6 Å². The smallest absolute Gasteiger partial charge is 0.244 e. The van der Waals surface area contributed by atoms with Gasteiger partial charge in [0.05, 0.1) is 13.2 Å². The molecule has 0 aliphatic heterocycles. The van der Waals surface area contributed by atoms with E-state index in [2.05, 4.69) is 20.7 Å². The van der Waals surface area contributed by atoms with Crippen LogP contribution in [0.5, 0.6) is 11.5 Å². The van der Waals surface area contributed by atoms with E-state index < -0.39 is 16.1 Å². The molecule has 136 valence electrons. The molecule has 0 heterocycles. The number of sulfonamides is 1. The second-order valence-corrected chi connectivity index (χ2v) is 8.47. The molecule has 7 heteroatoms. The van der Waals surface area contributed by atoms with Crippen LogP contribution in [0.4, 0.5) is 0 Å². The van der Waals surface area contributed by atoms with Crippen LogP contribution in [0.3, 0.4) is 0 Å². The Kier molecular flexibility index (Phi) is 6.48. The second-order valence-electron chi connectivity index (χ2n) is 5.87. The van der Waals surface area contributed by atoms with Gasteiger partial charge >= 0.3 is 0 Å². The Labute approximate surface area is 157 Å². The SMILES string of the molecule is COc1ccc(Br)cc1S(=O)(=O)NC(C)COc1ccc(C)c(C)c1. The quantitative estimate of drug-likeness (QED) is 0.729. The fourth-order valence-electron chi connectivity index (χ4n) is 2.25. The first-order chi connectivity index (χ1) is 11.7. The standard InChI is InChI=1S/C18H22BrNO4S/c1-12-5-7-16(9-13(12)2)24-11-14(3)20-25(21,22)18-10-15(19)6-8-17(18)23-4/h5-10,14,20H,11H2,1-4H3. The van der Waals surface area contributed by atoms with Gasteiger partial charge in [0.2, 0.25) is 10.0 Å². The molecular weight excluding hydrogens is 406 g/mol. The second kappa shape index (κ2) is 8.21. The average Bonchev–Trinajstić information content (AvgIpc) is 2.55. The predicted molar refractivity (Wildman–Crippen MR) is 102 cm³/mol. The number of hydrogen-bond acceptors (Lipinski definition) is 4. The number of ether oxygens (including phenoxy) is 2. The van der Waals surface area contributed by atoms with Crippen molar-refractivity contribution >= 4 is 26.0 Å². The van der Waals surface area contributed by atoms with E-state index in [4.69, 9.17) is 9.47 Å². The first-order valence-corrected chi connectivity index (χ1v) is 10.1. The van der Waals surface area contributed by atoms with Crippen LogP contribution in [-0.4, -0.2) is 28.2 Å².